The Balaban J connectivity index is 2.06. The molecule has 7 heteroatoms. The number of benzene rings is 2. The minimum atomic E-state index is -1.05. The van der Waals surface area contributed by atoms with Crippen LogP contribution in [0.25, 0.3) is 0 Å². The van der Waals surface area contributed by atoms with Crippen molar-refractivity contribution in [2.75, 3.05) is 7.11 Å². The van der Waals surface area contributed by atoms with Crippen molar-refractivity contribution in [3.8, 4) is 0 Å². The fourth-order valence-corrected chi connectivity index (χ4v) is 3.95. The van der Waals surface area contributed by atoms with Gasteiger partial charge in [0, 0.05) is 5.69 Å². The molecule has 6 nitrogen and oxygen atoms in total. The summed E-state index contributed by atoms with van der Waals surface area (Å²) in [7, 11) is 1.24. The van der Waals surface area contributed by atoms with E-state index in [9.17, 15) is 18.8 Å². The number of nitrogens with one attached hydrogen (secondary N) is 1. The molecule has 0 saturated heterocycles. The van der Waals surface area contributed by atoms with Crippen LogP contribution in [0.15, 0.2) is 65.5 Å². The van der Waals surface area contributed by atoms with Crippen molar-refractivity contribution in [1.29, 1.82) is 0 Å². The zero-order valence-electron chi connectivity index (χ0n) is 19.6. The van der Waals surface area contributed by atoms with Crippen molar-refractivity contribution in [2.45, 2.75) is 45.7 Å². The van der Waals surface area contributed by atoms with Crippen molar-refractivity contribution < 1.29 is 18.7 Å². The van der Waals surface area contributed by atoms with Crippen LogP contribution in [-0.2, 0) is 28.9 Å². The van der Waals surface area contributed by atoms with Crippen molar-refractivity contribution in [2.24, 2.45) is 0 Å². The number of hydrogen-bond acceptors (Lipinski definition) is 4. The molecule has 1 amide bonds. The molecule has 3 rings (SSSR count). The van der Waals surface area contributed by atoms with E-state index in [1.165, 1.54) is 19.2 Å². The van der Waals surface area contributed by atoms with Crippen molar-refractivity contribution in [1.82, 2.24) is 9.88 Å². The van der Waals surface area contributed by atoms with E-state index in [4.69, 9.17) is 4.74 Å². The highest BCUT2D eigenvalue weighted by atomic mass is 19.1. The molecule has 1 atom stereocenters. The SMILES string of the molecule is CCCc1c(CC)cc(C(=O)NC(C(=O)OC)c2ccccc2)c(=O)n1Cc1ccc(F)cc1. The van der Waals surface area contributed by atoms with E-state index in [1.807, 2.05) is 13.8 Å². The average molecular weight is 465 g/mol. The number of methoxy groups -OCH3 is 1. The standard InChI is InChI=1S/C27H29FN2O4/c1-4-9-23-19(5-2)16-22(26(32)30(23)17-18-12-14-21(28)15-13-18)25(31)29-24(27(33)34-3)20-10-7-6-8-11-20/h6-8,10-16,24H,4-5,9,17H2,1-3H3,(H,29,31). The monoisotopic (exact) mass is 464 g/mol. The van der Waals surface area contributed by atoms with Gasteiger partial charge in [0.05, 0.1) is 13.7 Å². The maximum Gasteiger partial charge on any atom is 0.333 e. The van der Waals surface area contributed by atoms with E-state index in [-0.39, 0.29) is 17.9 Å². The number of carbonyl (C=O) groups excluding carboxylic acids is 2. The topological polar surface area (TPSA) is 77.4 Å². The molecule has 1 N–H and O–H groups in total. The van der Waals surface area contributed by atoms with Gasteiger partial charge in [0.2, 0.25) is 0 Å². The first-order chi connectivity index (χ1) is 16.4. The molecular formula is C27H29FN2O4. The first-order valence-electron chi connectivity index (χ1n) is 11.3. The van der Waals surface area contributed by atoms with Gasteiger partial charge in [0.15, 0.2) is 6.04 Å². The Labute approximate surface area is 198 Å². The van der Waals surface area contributed by atoms with Gasteiger partial charge in [-0.1, -0.05) is 62.7 Å². The normalized spacial score (nSPS) is 11.6. The maximum atomic E-state index is 13.5. The quantitative estimate of drug-likeness (QED) is 0.482. The summed E-state index contributed by atoms with van der Waals surface area (Å²) in [4.78, 5) is 39.2. The summed E-state index contributed by atoms with van der Waals surface area (Å²) in [6.45, 7) is 4.19. The molecule has 34 heavy (non-hydrogen) atoms. The molecule has 0 saturated carbocycles. The van der Waals surface area contributed by atoms with Gasteiger partial charge in [-0.05, 0) is 47.7 Å². The fraction of sp³-hybridized carbons (Fsp3) is 0.296. The molecule has 0 spiro atoms. The van der Waals surface area contributed by atoms with E-state index in [0.29, 0.717) is 18.4 Å². The molecule has 0 fully saturated rings. The van der Waals surface area contributed by atoms with Crippen LogP contribution in [0.1, 0.15) is 59.1 Å². The summed E-state index contributed by atoms with van der Waals surface area (Å²) in [6.07, 6.45) is 2.11. The zero-order valence-corrected chi connectivity index (χ0v) is 19.6. The highest BCUT2D eigenvalue weighted by Crippen LogP contribution is 2.18. The van der Waals surface area contributed by atoms with Crippen molar-refractivity contribution in [3.05, 3.63) is 105 Å². The lowest BCUT2D eigenvalue weighted by molar-refractivity contribution is -0.143. The number of amides is 1. The Hall–Kier alpha value is -3.74. The largest absolute Gasteiger partial charge is 0.467 e. The summed E-state index contributed by atoms with van der Waals surface area (Å²) in [5.41, 5.74) is 2.51. The summed E-state index contributed by atoms with van der Waals surface area (Å²) in [6, 6.07) is 15.2. The maximum absolute atomic E-state index is 13.5. The van der Waals surface area contributed by atoms with Crippen LogP contribution in [0.2, 0.25) is 0 Å². The summed E-state index contributed by atoms with van der Waals surface area (Å²) in [5.74, 6) is -1.65. The van der Waals surface area contributed by atoms with Gasteiger partial charge in [-0.15, -0.1) is 0 Å². The Morgan fingerprint density at radius 2 is 1.74 bits per heavy atom. The van der Waals surface area contributed by atoms with E-state index in [1.54, 1.807) is 53.1 Å². The number of halogens is 1. The number of nitrogens with zero attached hydrogens (tertiary/aromatic N) is 1. The highest BCUT2D eigenvalue weighted by molar-refractivity contribution is 5.97. The number of carbonyl (C=O) groups is 2. The molecule has 178 valence electrons. The second kappa shape index (κ2) is 11.4. The molecule has 3 aromatic rings. The predicted octanol–water partition coefficient (Wildman–Crippen LogP) is 4.19. The number of rotatable bonds is 9. The fourth-order valence-electron chi connectivity index (χ4n) is 3.95. The van der Waals surface area contributed by atoms with Crippen LogP contribution < -0.4 is 10.9 Å². The summed E-state index contributed by atoms with van der Waals surface area (Å²) < 4.78 is 19.8. The summed E-state index contributed by atoms with van der Waals surface area (Å²) >= 11 is 0. The molecule has 1 unspecified atom stereocenters. The van der Waals surface area contributed by atoms with E-state index < -0.39 is 23.5 Å². The van der Waals surface area contributed by atoms with Gasteiger partial charge in [-0.3, -0.25) is 9.59 Å². The van der Waals surface area contributed by atoms with Crippen LogP contribution in [0, 0.1) is 5.82 Å². The average Bonchev–Trinajstić information content (AvgIpc) is 2.86. The van der Waals surface area contributed by atoms with Gasteiger partial charge in [-0.25, -0.2) is 9.18 Å². The van der Waals surface area contributed by atoms with Crippen molar-refractivity contribution in [3.63, 3.8) is 0 Å². The molecule has 0 aliphatic rings. The summed E-state index contributed by atoms with van der Waals surface area (Å²) in [5, 5.41) is 2.67. The number of ether oxygens (including phenoxy) is 1. The second-order valence-corrected chi connectivity index (χ2v) is 7.99. The first-order valence-corrected chi connectivity index (χ1v) is 11.3. The van der Waals surface area contributed by atoms with Gasteiger partial charge < -0.3 is 14.6 Å². The molecule has 2 aromatic carbocycles. The van der Waals surface area contributed by atoms with Gasteiger partial charge >= 0.3 is 5.97 Å². The Morgan fingerprint density at radius 1 is 1.06 bits per heavy atom. The number of esters is 1. The Kier molecular flexibility index (Phi) is 8.35. The van der Waals surface area contributed by atoms with Crippen LogP contribution in [0.5, 0.6) is 0 Å². The third-order valence-electron chi connectivity index (χ3n) is 5.70. The van der Waals surface area contributed by atoms with Gasteiger partial charge in [-0.2, -0.15) is 0 Å². The second-order valence-electron chi connectivity index (χ2n) is 7.99. The lowest BCUT2D eigenvalue weighted by Crippen LogP contribution is -2.39. The minimum Gasteiger partial charge on any atom is -0.467 e. The molecule has 1 aromatic heterocycles. The minimum absolute atomic E-state index is 0.0522. The van der Waals surface area contributed by atoms with Crippen LogP contribution in [0.4, 0.5) is 4.39 Å². The van der Waals surface area contributed by atoms with Crippen LogP contribution in [0.3, 0.4) is 0 Å². The Bertz CT molecular complexity index is 1200. The smallest absolute Gasteiger partial charge is 0.333 e. The van der Waals surface area contributed by atoms with Gasteiger partial charge in [0.25, 0.3) is 11.5 Å². The molecule has 0 aliphatic heterocycles. The van der Waals surface area contributed by atoms with E-state index >= 15 is 0 Å². The first kappa shape index (κ1) is 24.9. The lowest BCUT2D eigenvalue weighted by Gasteiger charge is -2.20. The number of aryl methyl sites for hydroxylation is 1. The predicted molar refractivity (Wildman–Crippen MR) is 128 cm³/mol. The van der Waals surface area contributed by atoms with Crippen LogP contribution >= 0.6 is 0 Å². The Morgan fingerprint density at radius 3 is 2.32 bits per heavy atom. The molecule has 0 bridgehead atoms. The molecule has 0 aliphatic carbocycles. The van der Waals surface area contributed by atoms with E-state index in [2.05, 4.69) is 5.32 Å². The molecule has 1 heterocycles. The van der Waals surface area contributed by atoms with Crippen molar-refractivity contribution >= 4 is 11.9 Å². The third-order valence-corrected chi connectivity index (χ3v) is 5.70. The molecular weight excluding hydrogens is 435 g/mol. The highest BCUT2D eigenvalue weighted by Gasteiger charge is 2.26. The number of aromatic nitrogens is 1. The van der Waals surface area contributed by atoms with E-state index in [0.717, 1.165) is 23.2 Å². The molecule has 0 radical (unpaired) electrons. The lowest BCUT2D eigenvalue weighted by atomic mass is 10.0. The number of hydrogen-bond donors (Lipinski definition) is 1. The third kappa shape index (κ3) is 5.60. The van der Waals surface area contributed by atoms with Crippen LogP contribution in [-0.4, -0.2) is 23.6 Å². The zero-order chi connectivity index (χ0) is 24.7. The van der Waals surface area contributed by atoms with Gasteiger partial charge in [0.1, 0.15) is 11.4 Å². The number of pyridine rings is 1.